The van der Waals surface area contributed by atoms with Crippen LogP contribution in [0.15, 0.2) is 23.1 Å². The highest BCUT2D eigenvalue weighted by Crippen LogP contribution is 2.27. The molecule has 1 aromatic heterocycles. The molecular formula is C10H10O2S. The van der Waals surface area contributed by atoms with Crippen LogP contribution >= 0.6 is 11.3 Å². The van der Waals surface area contributed by atoms with E-state index in [0.29, 0.717) is 6.61 Å². The molecule has 1 aromatic rings. The predicted octanol–water partition coefficient (Wildman–Crippen LogP) is 2.47. The third kappa shape index (κ3) is 1.52. The molecule has 2 nitrogen and oxygen atoms in total. The molecule has 3 heteroatoms. The highest BCUT2D eigenvalue weighted by atomic mass is 32.1. The molecule has 1 aliphatic heterocycles. The minimum Gasteiger partial charge on any atom is -0.462 e. The molecule has 0 spiro atoms. The number of ether oxygens (including phenoxy) is 1. The molecule has 1 saturated heterocycles. The molecule has 68 valence electrons. The van der Waals surface area contributed by atoms with Crippen LogP contribution in [0, 0.1) is 0 Å². The molecule has 0 bridgehead atoms. The second-order valence-electron chi connectivity index (χ2n) is 2.97. The normalized spacial score (nSPS) is 20.2. The molecule has 0 aromatic carbocycles. The Morgan fingerprint density at radius 3 is 3.00 bits per heavy atom. The summed E-state index contributed by atoms with van der Waals surface area (Å²) >= 11 is 1.65. The van der Waals surface area contributed by atoms with E-state index < -0.39 is 0 Å². The van der Waals surface area contributed by atoms with Gasteiger partial charge in [-0.15, -0.1) is 11.3 Å². The number of carbonyl (C=O) groups excluding carboxylic acids is 1. The molecule has 0 saturated carbocycles. The summed E-state index contributed by atoms with van der Waals surface area (Å²) in [5, 5.41) is 2.01. The molecule has 0 aliphatic carbocycles. The van der Waals surface area contributed by atoms with Gasteiger partial charge in [0.15, 0.2) is 0 Å². The number of rotatable bonds is 1. The summed E-state index contributed by atoms with van der Waals surface area (Å²) < 4.78 is 4.89. The lowest BCUT2D eigenvalue weighted by Gasteiger charge is -1.98. The van der Waals surface area contributed by atoms with Gasteiger partial charge in [0.2, 0.25) is 0 Å². The second kappa shape index (κ2) is 3.34. The van der Waals surface area contributed by atoms with E-state index in [1.54, 1.807) is 11.3 Å². The Kier molecular flexibility index (Phi) is 2.19. The smallest absolute Gasteiger partial charge is 0.334 e. The van der Waals surface area contributed by atoms with Crippen molar-refractivity contribution in [3.8, 4) is 0 Å². The van der Waals surface area contributed by atoms with E-state index in [0.717, 1.165) is 22.4 Å². The standard InChI is InChI=1S/C10H10O2S/c1-7(9-3-2-6-13-9)8-4-5-12-10(8)11/h2-3,6H,4-5H2,1H3/b8-7+. The van der Waals surface area contributed by atoms with Crippen LogP contribution in [0.4, 0.5) is 0 Å². The van der Waals surface area contributed by atoms with Gasteiger partial charge in [-0.2, -0.15) is 0 Å². The molecule has 13 heavy (non-hydrogen) atoms. The van der Waals surface area contributed by atoms with E-state index in [2.05, 4.69) is 0 Å². The number of allylic oxidation sites excluding steroid dienone is 1. The summed E-state index contributed by atoms with van der Waals surface area (Å²) in [7, 11) is 0. The lowest BCUT2D eigenvalue weighted by molar-refractivity contribution is -0.135. The molecule has 0 radical (unpaired) electrons. The Morgan fingerprint density at radius 2 is 2.46 bits per heavy atom. The highest BCUT2D eigenvalue weighted by molar-refractivity contribution is 7.11. The van der Waals surface area contributed by atoms with E-state index in [4.69, 9.17) is 4.74 Å². The van der Waals surface area contributed by atoms with Gasteiger partial charge in [0, 0.05) is 16.9 Å². The third-order valence-electron chi connectivity index (χ3n) is 2.18. The van der Waals surface area contributed by atoms with Gasteiger partial charge in [0.05, 0.1) is 6.61 Å². The third-order valence-corrected chi connectivity index (χ3v) is 3.16. The summed E-state index contributed by atoms with van der Waals surface area (Å²) in [5.74, 6) is -0.147. The van der Waals surface area contributed by atoms with Crippen molar-refractivity contribution >= 4 is 22.9 Å². The van der Waals surface area contributed by atoms with Gasteiger partial charge in [0.25, 0.3) is 0 Å². The Balaban J connectivity index is 2.38. The van der Waals surface area contributed by atoms with Crippen LogP contribution in [0.5, 0.6) is 0 Å². The van der Waals surface area contributed by atoms with E-state index >= 15 is 0 Å². The lowest BCUT2D eigenvalue weighted by Crippen LogP contribution is -1.96. The monoisotopic (exact) mass is 194 g/mol. The van der Waals surface area contributed by atoms with Crippen LogP contribution in [-0.4, -0.2) is 12.6 Å². The molecule has 0 N–H and O–H groups in total. The first-order valence-corrected chi connectivity index (χ1v) is 5.08. The van der Waals surface area contributed by atoms with Crippen LogP contribution in [0.1, 0.15) is 18.2 Å². The van der Waals surface area contributed by atoms with Crippen molar-refractivity contribution in [3.05, 3.63) is 28.0 Å². The molecule has 1 fully saturated rings. The Morgan fingerprint density at radius 1 is 1.62 bits per heavy atom. The van der Waals surface area contributed by atoms with Gasteiger partial charge in [0.1, 0.15) is 0 Å². The predicted molar refractivity (Wildman–Crippen MR) is 52.5 cm³/mol. The number of esters is 1. The molecule has 0 atom stereocenters. The maximum absolute atomic E-state index is 11.2. The summed E-state index contributed by atoms with van der Waals surface area (Å²) in [6.07, 6.45) is 0.753. The molecule has 2 heterocycles. The van der Waals surface area contributed by atoms with E-state index in [9.17, 15) is 4.79 Å². The van der Waals surface area contributed by atoms with E-state index in [1.165, 1.54) is 0 Å². The minimum absolute atomic E-state index is 0.147. The molecule has 0 unspecified atom stereocenters. The Hall–Kier alpha value is -1.09. The fourth-order valence-corrected chi connectivity index (χ4v) is 2.18. The maximum atomic E-state index is 11.2. The van der Waals surface area contributed by atoms with Crippen molar-refractivity contribution < 1.29 is 9.53 Å². The van der Waals surface area contributed by atoms with Crippen molar-refractivity contribution in [2.45, 2.75) is 13.3 Å². The van der Waals surface area contributed by atoms with Gasteiger partial charge in [-0.25, -0.2) is 4.79 Å². The van der Waals surface area contributed by atoms with Crippen molar-refractivity contribution in [2.24, 2.45) is 0 Å². The Labute approximate surface area is 80.8 Å². The van der Waals surface area contributed by atoms with Crippen molar-refractivity contribution in [1.29, 1.82) is 0 Å². The first kappa shape index (κ1) is 8.51. The minimum atomic E-state index is -0.147. The van der Waals surface area contributed by atoms with Crippen LogP contribution in [0.25, 0.3) is 5.57 Å². The zero-order valence-electron chi connectivity index (χ0n) is 7.37. The average molecular weight is 194 g/mol. The second-order valence-corrected chi connectivity index (χ2v) is 3.91. The zero-order valence-corrected chi connectivity index (χ0v) is 8.19. The summed E-state index contributed by atoms with van der Waals surface area (Å²) in [5.41, 5.74) is 1.90. The first-order valence-electron chi connectivity index (χ1n) is 4.20. The molecular weight excluding hydrogens is 184 g/mol. The van der Waals surface area contributed by atoms with Crippen LogP contribution < -0.4 is 0 Å². The number of hydrogen-bond donors (Lipinski definition) is 0. The Bertz CT molecular complexity index is 349. The van der Waals surface area contributed by atoms with Crippen molar-refractivity contribution in [3.63, 3.8) is 0 Å². The summed E-state index contributed by atoms with van der Waals surface area (Å²) in [4.78, 5) is 12.4. The number of thiophene rings is 1. The molecule has 2 rings (SSSR count). The van der Waals surface area contributed by atoms with E-state index in [1.807, 2.05) is 24.4 Å². The maximum Gasteiger partial charge on any atom is 0.334 e. The highest BCUT2D eigenvalue weighted by Gasteiger charge is 2.21. The molecule has 0 amide bonds. The average Bonchev–Trinajstić information content (AvgIpc) is 2.72. The zero-order chi connectivity index (χ0) is 9.26. The van der Waals surface area contributed by atoms with Gasteiger partial charge < -0.3 is 4.74 Å². The summed E-state index contributed by atoms with van der Waals surface area (Å²) in [6, 6.07) is 4.02. The number of hydrogen-bond acceptors (Lipinski definition) is 3. The number of carbonyl (C=O) groups is 1. The quantitative estimate of drug-likeness (QED) is 0.507. The van der Waals surface area contributed by atoms with Crippen molar-refractivity contribution in [2.75, 3.05) is 6.61 Å². The van der Waals surface area contributed by atoms with Gasteiger partial charge in [-0.05, 0) is 23.9 Å². The van der Waals surface area contributed by atoms with E-state index in [-0.39, 0.29) is 5.97 Å². The topological polar surface area (TPSA) is 26.3 Å². The van der Waals surface area contributed by atoms with Gasteiger partial charge in [-0.1, -0.05) is 6.07 Å². The van der Waals surface area contributed by atoms with Gasteiger partial charge >= 0.3 is 5.97 Å². The van der Waals surface area contributed by atoms with Crippen LogP contribution in [0.2, 0.25) is 0 Å². The molecule has 1 aliphatic rings. The fraction of sp³-hybridized carbons (Fsp3) is 0.300. The largest absolute Gasteiger partial charge is 0.462 e. The van der Waals surface area contributed by atoms with Gasteiger partial charge in [-0.3, -0.25) is 0 Å². The first-order chi connectivity index (χ1) is 6.29. The summed E-state index contributed by atoms with van der Waals surface area (Å²) in [6.45, 7) is 2.52. The SMILES string of the molecule is C/C(=C1/CCOC1=O)c1cccs1. The van der Waals surface area contributed by atoms with Crippen LogP contribution in [-0.2, 0) is 9.53 Å². The number of cyclic esters (lactones) is 1. The van der Waals surface area contributed by atoms with Crippen molar-refractivity contribution in [1.82, 2.24) is 0 Å². The fourth-order valence-electron chi connectivity index (χ4n) is 1.42. The lowest BCUT2D eigenvalue weighted by atomic mass is 10.1. The van der Waals surface area contributed by atoms with Crippen LogP contribution in [0.3, 0.4) is 0 Å².